The minimum absolute atomic E-state index is 0.0451. The molecule has 0 unspecified atom stereocenters. The topological polar surface area (TPSA) is 90.5 Å². The highest BCUT2D eigenvalue weighted by atomic mass is 16.5. The SMILES string of the molecule is CCN1CC(=O)N(CC(CC)(CC)CCCCOCCCCC(CC)(CC)N2C(=O)CN(CC)C2=O)C1=O. The van der Waals surface area contributed by atoms with Gasteiger partial charge in [0, 0.05) is 32.8 Å². The van der Waals surface area contributed by atoms with Crippen LogP contribution in [0.5, 0.6) is 0 Å². The number of nitrogens with zero attached hydrogens (tertiary/aromatic N) is 4. The molecule has 2 heterocycles. The van der Waals surface area contributed by atoms with Crippen molar-refractivity contribution in [3.63, 3.8) is 0 Å². The molecule has 38 heavy (non-hydrogen) atoms. The van der Waals surface area contributed by atoms with Crippen molar-refractivity contribution in [1.29, 1.82) is 0 Å². The first kappa shape index (κ1) is 32.1. The lowest BCUT2D eigenvalue weighted by molar-refractivity contribution is -0.130. The number of ether oxygens (including phenoxy) is 1. The van der Waals surface area contributed by atoms with E-state index in [0.717, 1.165) is 64.2 Å². The zero-order valence-electron chi connectivity index (χ0n) is 24.9. The summed E-state index contributed by atoms with van der Waals surface area (Å²) >= 11 is 0. The van der Waals surface area contributed by atoms with E-state index in [0.29, 0.717) is 32.8 Å². The van der Waals surface area contributed by atoms with E-state index in [-0.39, 0.29) is 42.4 Å². The van der Waals surface area contributed by atoms with Gasteiger partial charge in [-0.3, -0.25) is 19.4 Å². The summed E-state index contributed by atoms with van der Waals surface area (Å²) in [6.07, 6.45) is 8.92. The summed E-state index contributed by atoms with van der Waals surface area (Å²) in [6, 6.07) is -0.294. The van der Waals surface area contributed by atoms with E-state index in [2.05, 4.69) is 27.7 Å². The lowest BCUT2D eigenvalue weighted by Gasteiger charge is -2.39. The van der Waals surface area contributed by atoms with Crippen LogP contribution in [-0.4, -0.2) is 95.0 Å². The molecule has 0 N–H and O–H groups in total. The minimum Gasteiger partial charge on any atom is -0.381 e. The van der Waals surface area contributed by atoms with Gasteiger partial charge >= 0.3 is 12.1 Å². The predicted octanol–water partition coefficient (Wildman–Crippen LogP) is 5.28. The van der Waals surface area contributed by atoms with Crippen molar-refractivity contribution in [2.24, 2.45) is 5.41 Å². The molecule has 0 spiro atoms. The number of urea groups is 2. The van der Waals surface area contributed by atoms with Gasteiger partial charge in [-0.15, -0.1) is 0 Å². The standard InChI is InChI=1S/C29H52N4O5/c1-7-28(8-2,23-32-24(34)21-30(11-5)26(32)36)17-13-15-19-38-20-16-14-18-29(9-3,10-4)33-25(35)22-31(12-6)27(33)37/h7-23H2,1-6H3. The van der Waals surface area contributed by atoms with Gasteiger partial charge in [-0.05, 0) is 77.0 Å². The highest BCUT2D eigenvalue weighted by molar-refractivity contribution is 6.03. The van der Waals surface area contributed by atoms with Gasteiger partial charge in [0.05, 0.1) is 5.54 Å². The van der Waals surface area contributed by atoms with Crippen molar-refractivity contribution in [2.45, 2.75) is 111 Å². The molecule has 2 aliphatic rings. The number of amides is 6. The molecule has 9 nitrogen and oxygen atoms in total. The normalized spacial score (nSPS) is 17.1. The van der Waals surface area contributed by atoms with Crippen molar-refractivity contribution in [3.8, 4) is 0 Å². The highest BCUT2D eigenvalue weighted by Gasteiger charge is 2.46. The molecule has 218 valence electrons. The molecule has 0 aromatic heterocycles. The molecule has 0 radical (unpaired) electrons. The minimum atomic E-state index is -0.409. The van der Waals surface area contributed by atoms with E-state index in [1.165, 1.54) is 9.80 Å². The Kier molecular flexibility index (Phi) is 12.5. The van der Waals surface area contributed by atoms with Gasteiger partial charge in [-0.2, -0.15) is 0 Å². The monoisotopic (exact) mass is 536 g/mol. The highest BCUT2D eigenvalue weighted by Crippen LogP contribution is 2.35. The van der Waals surface area contributed by atoms with E-state index in [4.69, 9.17) is 4.74 Å². The Balaban J connectivity index is 1.72. The second kappa shape index (κ2) is 14.8. The molecule has 2 saturated heterocycles. The van der Waals surface area contributed by atoms with Crippen LogP contribution in [0.2, 0.25) is 0 Å². The Morgan fingerprint density at radius 2 is 1.18 bits per heavy atom. The number of carbonyl (C=O) groups excluding carboxylic acids is 4. The number of hydrogen-bond acceptors (Lipinski definition) is 5. The van der Waals surface area contributed by atoms with Crippen LogP contribution >= 0.6 is 0 Å². The zero-order valence-corrected chi connectivity index (χ0v) is 24.9. The fourth-order valence-corrected chi connectivity index (χ4v) is 6.00. The van der Waals surface area contributed by atoms with Crippen LogP contribution in [0.1, 0.15) is 106 Å². The Morgan fingerprint density at radius 3 is 1.66 bits per heavy atom. The third kappa shape index (κ3) is 7.27. The van der Waals surface area contributed by atoms with Crippen LogP contribution in [0.3, 0.4) is 0 Å². The quantitative estimate of drug-likeness (QED) is 0.166. The van der Waals surface area contributed by atoms with Gasteiger partial charge in [0.2, 0.25) is 5.91 Å². The lowest BCUT2D eigenvalue weighted by Crippen LogP contribution is -2.51. The summed E-state index contributed by atoms with van der Waals surface area (Å²) in [7, 11) is 0. The van der Waals surface area contributed by atoms with Crippen LogP contribution in [0.25, 0.3) is 0 Å². The Morgan fingerprint density at radius 1 is 0.658 bits per heavy atom. The molecular formula is C29H52N4O5. The third-order valence-electron chi connectivity index (χ3n) is 9.14. The molecule has 6 amide bonds. The number of carbonyl (C=O) groups is 4. The molecule has 0 aromatic carbocycles. The average Bonchev–Trinajstić information content (AvgIpc) is 3.38. The summed E-state index contributed by atoms with van der Waals surface area (Å²) in [5.74, 6) is -0.157. The van der Waals surface area contributed by atoms with Crippen molar-refractivity contribution in [2.75, 3.05) is 45.9 Å². The predicted molar refractivity (Wildman–Crippen MR) is 149 cm³/mol. The maximum atomic E-state index is 12.8. The fraction of sp³-hybridized carbons (Fsp3) is 0.862. The van der Waals surface area contributed by atoms with Crippen molar-refractivity contribution >= 4 is 23.9 Å². The number of rotatable bonds is 19. The molecular weight excluding hydrogens is 484 g/mol. The van der Waals surface area contributed by atoms with Gasteiger partial charge < -0.3 is 14.5 Å². The molecule has 0 atom stereocenters. The smallest absolute Gasteiger partial charge is 0.327 e. The summed E-state index contributed by atoms with van der Waals surface area (Å²) in [6.45, 7) is 15.6. The first-order valence-corrected chi connectivity index (χ1v) is 15.0. The molecule has 2 fully saturated rings. The Hall–Kier alpha value is -2.16. The van der Waals surface area contributed by atoms with E-state index >= 15 is 0 Å². The van der Waals surface area contributed by atoms with Crippen LogP contribution in [0, 0.1) is 5.41 Å². The van der Waals surface area contributed by atoms with Gasteiger partial charge in [-0.1, -0.05) is 34.1 Å². The fourth-order valence-electron chi connectivity index (χ4n) is 6.00. The van der Waals surface area contributed by atoms with E-state index in [1.54, 1.807) is 9.80 Å². The molecule has 0 bridgehead atoms. The van der Waals surface area contributed by atoms with Crippen LogP contribution in [-0.2, 0) is 14.3 Å². The number of hydrogen-bond donors (Lipinski definition) is 0. The van der Waals surface area contributed by atoms with E-state index < -0.39 is 5.54 Å². The third-order valence-corrected chi connectivity index (χ3v) is 9.14. The first-order chi connectivity index (χ1) is 18.2. The van der Waals surface area contributed by atoms with Crippen LogP contribution in [0.15, 0.2) is 0 Å². The van der Waals surface area contributed by atoms with Gasteiger partial charge in [-0.25, -0.2) is 9.59 Å². The average molecular weight is 537 g/mol. The van der Waals surface area contributed by atoms with Crippen molar-refractivity contribution in [3.05, 3.63) is 0 Å². The van der Waals surface area contributed by atoms with Crippen LogP contribution < -0.4 is 0 Å². The lowest BCUT2D eigenvalue weighted by atomic mass is 9.77. The Bertz CT molecular complexity index is 809. The number of likely N-dealkylation sites (N-methyl/N-ethyl adjacent to an activating group) is 2. The summed E-state index contributed by atoms with van der Waals surface area (Å²) in [4.78, 5) is 56.6. The molecule has 0 aromatic rings. The summed E-state index contributed by atoms with van der Waals surface area (Å²) < 4.78 is 5.92. The van der Waals surface area contributed by atoms with Gasteiger partial charge in [0.1, 0.15) is 13.1 Å². The van der Waals surface area contributed by atoms with Crippen LogP contribution in [0.4, 0.5) is 9.59 Å². The maximum absolute atomic E-state index is 12.8. The van der Waals surface area contributed by atoms with E-state index in [1.807, 2.05) is 13.8 Å². The summed E-state index contributed by atoms with van der Waals surface area (Å²) in [5.41, 5.74) is -0.454. The molecule has 0 saturated carbocycles. The first-order valence-electron chi connectivity index (χ1n) is 15.0. The Labute approximate surface area is 230 Å². The molecule has 2 rings (SSSR count). The van der Waals surface area contributed by atoms with Gasteiger partial charge in [0.25, 0.3) is 5.91 Å². The maximum Gasteiger partial charge on any atom is 0.327 e. The zero-order chi connectivity index (χ0) is 28.3. The van der Waals surface area contributed by atoms with E-state index in [9.17, 15) is 19.2 Å². The second-order valence-corrected chi connectivity index (χ2v) is 11.0. The largest absolute Gasteiger partial charge is 0.381 e. The van der Waals surface area contributed by atoms with Crippen molar-refractivity contribution < 1.29 is 23.9 Å². The van der Waals surface area contributed by atoms with Gasteiger partial charge in [0.15, 0.2) is 0 Å². The van der Waals surface area contributed by atoms with Crippen molar-refractivity contribution in [1.82, 2.24) is 19.6 Å². The molecule has 9 heteroatoms. The molecule has 2 aliphatic heterocycles. The molecule has 0 aliphatic carbocycles. The summed E-state index contributed by atoms with van der Waals surface area (Å²) in [5, 5.41) is 0. The number of unbranched alkanes of at least 4 members (excludes halogenated alkanes) is 2. The number of imide groups is 2. The second-order valence-electron chi connectivity index (χ2n) is 11.0.